The van der Waals surface area contributed by atoms with Crippen molar-refractivity contribution in [1.82, 2.24) is 4.57 Å². The lowest BCUT2D eigenvalue weighted by Crippen LogP contribution is -2.00. The maximum absolute atomic E-state index is 14.9. The average molecular weight is 532 g/mol. The van der Waals surface area contributed by atoms with Crippen LogP contribution in [0.1, 0.15) is 23.1 Å². The van der Waals surface area contributed by atoms with Crippen LogP contribution in [0.25, 0.3) is 16.6 Å². The van der Waals surface area contributed by atoms with Gasteiger partial charge < -0.3 is 9.30 Å². The zero-order valence-electron chi connectivity index (χ0n) is 19.1. The van der Waals surface area contributed by atoms with Crippen LogP contribution in [-0.2, 0) is 19.4 Å². The Morgan fingerprint density at radius 3 is 2.17 bits per heavy atom. The van der Waals surface area contributed by atoms with Gasteiger partial charge in [-0.05, 0) is 76.1 Å². The second-order valence-corrected chi connectivity index (χ2v) is 9.35. The van der Waals surface area contributed by atoms with E-state index in [1.54, 1.807) is 6.07 Å². The van der Waals surface area contributed by atoms with E-state index in [2.05, 4.69) is 28.1 Å². The van der Waals surface area contributed by atoms with Crippen LogP contribution >= 0.6 is 15.9 Å². The molecule has 4 aromatic carbocycles. The molecule has 176 valence electrons. The fraction of sp³-hybridized carbons (Fsp3) is 0.133. The largest absolute Gasteiger partial charge is 0.486 e. The monoisotopic (exact) mass is 531 g/mol. The van der Waals surface area contributed by atoms with E-state index in [1.165, 1.54) is 17.7 Å². The van der Waals surface area contributed by atoms with Gasteiger partial charge in [-0.25, -0.2) is 8.78 Å². The Bertz CT molecular complexity index is 1450. The van der Waals surface area contributed by atoms with Crippen LogP contribution in [0, 0.1) is 11.6 Å². The molecule has 5 heteroatoms. The highest BCUT2D eigenvalue weighted by Crippen LogP contribution is 2.34. The van der Waals surface area contributed by atoms with E-state index in [1.807, 2.05) is 71.4 Å². The van der Waals surface area contributed by atoms with Crippen molar-refractivity contribution in [3.05, 3.63) is 130 Å². The molecule has 0 N–H and O–H groups in total. The van der Waals surface area contributed by atoms with Crippen molar-refractivity contribution in [2.24, 2.45) is 0 Å². The molecule has 0 aliphatic heterocycles. The normalized spacial score (nSPS) is 11.2. The highest BCUT2D eigenvalue weighted by atomic mass is 79.9. The number of nitrogens with zero attached hydrogens (tertiary/aromatic N) is 1. The molecule has 0 aliphatic carbocycles. The van der Waals surface area contributed by atoms with E-state index >= 15 is 0 Å². The second kappa shape index (κ2) is 10.4. The smallest absolute Gasteiger partial charge is 0.167 e. The summed E-state index contributed by atoms with van der Waals surface area (Å²) >= 11 is 3.52. The van der Waals surface area contributed by atoms with Crippen molar-refractivity contribution in [3.63, 3.8) is 0 Å². The first-order chi connectivity index (χ1) is 17.1. The van der Waals surface area contributed by atoms with Crippen molar-refractivity contribution in [2.75, 3.05) is 0 Å². The number of rotatable bonds is 8. The molecular weight excluding hydrogens is 508 g/mol. The van der Waals surface area contributed by atoms with Gasteiger partial charge in [0.2, 0.25) is 0 Å². The first-order valence-electron chi connectivity index (χ1n) is 11.6. The van der Waals surface area contributed by atoms with Gasteiger partial charge in [0.25, 0.3) is 0 Å². The molecular formula is C30H24BrF2NO. The molecule has 0 spiro atoms. The molecule has 0 fully saturated rings. The first kappa shape index (κ1) is 23.3. The van der Waals surface area contributed by atoms with Crippen LogP contribution in [0.5, 0.6) is 5.75 Å². The maximum atomic E-state index is 14.9. The average Bonchev–Trinajstić information content (AvgIpc) is 3.32. The van der Waals surface area contributed by atoms with Crippen LogP contribution in [0.4, 0.5) is 8.78 Å². The number of fused-ring (bicyclic) bond motifs is 1. The minimum Gasteiger partial charge on any atom is -0.486 e. The van der Waals surface area contributed by atoms with Crippen LogP contribution in [0.3, 0.4) is 0 Å². The summed E-state index contributed by atoms with van der Waals surface area (Å²) in [6, 6.07) is 28.2. The van der Waals surface area contributed by atoms with Crippen LogP contribution < -0.4 is 4.74 Å². The van der Waals surface area contributed by atoms with Gasteiger partial charge >= 0.3 is 0 Å². The Morgan fingerprint density at radius 1 is 0.743 bits per heavy atom. The lowest BCUT2D eigenvalue weighted by molar-refractivity contribution is 0.290. The van der Waals surface area contributed by atoms with Crippen molar-refractivity contribution < 1.29 is 13.5 Å². The van der Waals surface area contributed by atoms with E-state index in [0.717, 1.165) is 29.3 Å². The van der Waals surface area contributed by atoms with E-state index in [0.29, 0.717) is 28.8 Å². The fourth-order valence-corrected chi connectivity index (χ4v) is 5.00. The molecule has 0 amide bonds. The number of benzene rings is 4. The molecule has 1 heterocycles. The molecule has 0 saturated carbocycles. The molecule has 5 rings (SSSR count). The van der Waals surface area contributed by atoms with Crippen LogP contribution in [-0.4, -0.2) is 4.57 Å². The topological polar surface area (TPSA) is 14.2 Å². The van der Waals surface area contributed by atoms with Crippen molar-refractivity contribution >= 4 is 26.8 Å². The summed E-state index contributed by atoms with van der Waals surface area (Å²) in [6.07, 6.45) is 4.20. The Labute approximate surface area is 211 Å². The maximum Gasteiger partial charge on any atom is 0.167 e. The Balaban J connectivity index is 1.39. The van der Waals surface area contributed by atoms with E-state index in [9.17, 15) is 8.78 Å². The lowest BCUT2D eigenvalue weighted by atomic mass is 10.0. The van der Waals surface area contributed by atoms with Crippen molar-refractivity contribution in [3.8, 4) is 11.4 Å². The molecule has 0 aliphatic rings. The van der Waals surface area contributed by atoms with Gasteiger partial charge in [0.15, 0.2) is 11.6 Å². The van der Waals surface area contributed by atoms with Crippen LogP contribution in [0.15, 0.2) is 102 Å². The number of halogens is 3. The summed E-state index contributed by atoms with van der Waals surface area (Å²) in [5.74, 6) is -0.478. The fourth-order valence-electron chi connectivity index (χ4n) is 4.39. The van der Waals surface area contributed by atoms with Gasteiger partial charge in [0, 0.05) is 27.8 Å². The quantitative estimate of drug-likeness (QED) is 0.196. The molecule has 1 aromatic heterocycles. The zero-order chi connectivity index (χ0) is 24.2. The Hall–Kier alpha value is -3.44. The highest BCUT2D eigenvalue weighted by Gasteiger charge is 2.16. The van der Waals surface area contributed by atoms with E-state index in [-0.39, 0.29) is 11.6 Å². The molecule has 0 unspecified atom stereocenters. The van der Waals surface area contributed by atoms with Crippen molar-refractivity contribution in [2.45, 2.75) is 25.9 Å². The van der Waals surface area contributed by atoms with E-state index < -0.39 is 5.82 Å². The predicted octanol–water partition coefficient (Wildman–Crippen LogP) is 8.43. The number of aryl methyl sites for hydroxylation is 2. The number of aromatic nitrogens is 1. The van der Waals surface area contributed by atoms with Gasteiger partial charge in [0.05, 0.1) is 5.52 Å². The summed E-state index contributed by atoms with van der Waals surface area (Å²) in [5, 5.41) is 0.828. The van der Waals surface area contributed by atoms with Gasteiger partial charge in [-0.2, -0.15) is 0 Å². The highest BCUT2D eigenvalue weighted by molar-refractivity contribution is 9.10. The molecule has 35 heavy (non-hydrogen) atoms. The summed E-state index contributed by atoms with van der Waals surface area (Å²) in [5.41, 5.74) is 4.36. The third-order valence-corrected chi connectivity index (χ3v) is 6.75. The van der Waals surface area contributed by atoms with E-state index in [4.69, 9.17) is 4.74 Å². The predicted molar refractivity (Wildman–Crippen MR) is 140 cm³/mol. The SMILES string of the molecule is Fc1cc(-n2ccc3c(CCCc4ccccc4)c(F)cc(Br)c32)ccc1OCc1ccccc1. The molecule has 5 aromatic rings. The van der Waals surface area contributed by atoms with Gasteiger partial charge in [-0.1, -0.05) is 60.7 Å². The third kappa shape index (κ3) is 5.15. The van der Waals surface area contributed by atoms with Crippen LogP contribution in [0.2, 0.25) is 0 Å². The number of hydrogen-bond donors (Lipinski definition) is 0. The Morgan fingerprint density at radius 2 is 1.46 bits per heavy atom. The molecule has 0 radical (unpaired) electrons. The minimum atomic E-state index is -0.443. The summed E-state index contributed by atoms with van der Waals surface area (Å²) in [6.45, 7) is 0.292. The minimum absolute atomic E-state index is 0.195. The van der Waals surface area contributed by atoms with Gasteiger partial charge in [-0.3, -0.25) is 0 Å². The van der Waals surface area contributed by atoms with Gasteiger partial charge in [0.1, 0.15) is 12.4 Å². The molecule has 0 saturated heterocycles. The summed E-state index contributed by atoms with van der Waals surface area (Å²) in [7, 11) is 0. The third-order valence-electron chi connectivity index (χ3n) is 6.15. The Kier molecular flexibility index (Phi) is 6.96. The lowest BCUT2D eigenvalue weighted by Gasteiger charge is -2.13. The summed E-state index contributed by atoms with van der Waals surface area (Å²) < 4.78 is 38.0. The number of ether oxygens (including phenoxy) is 1. The van der Waals surface area contributed by atoms with Crippen molar-refractivity contribution in [1.29, 1.82) is 0 Å². The zero-order valence-corrected chi connectivity index (χ0v) is 20.6. The molecule has 2 nitrogen and oxygen atoms in total. The molecule has 0 atom stereocenters. The van der Waals surface area contributed by atoms with Gasteiger partial charge in [-0.15, -0.1) is 0 Å². The number of hydrogen-bond acceptors (Lipinski definition) is 1. The molecule has 0 bridgehead atoms. The summed E-state index contributed by atoms with van der Waals surface area (Å²) in [4.78, 5) is 0. The standard InChI is InChI=1S/C30H24BrF2NO/c31-26-19-27(32)24(13-7-12-21-8-3-1-4-9-21)25-16-17-34(30(25)26)23-14-15-29(28(33)18-23)35-20-22-10-5-2-6-11-22/h1-6,8-11,14-19H,7,12-13,20H2. The second-order valence-electron chi connectivity index (χ2n) is 8.49. The first-order valence-corrected chi connectivity index (χ1v) is 12.4.